The summed E-state index contributed by atoms with van der Waals surface area (Å²) >= 11 is 0. The van der Waals surface area contributed by atoms with Crippen LogP contribution in [-0.4, -0.2) is 49.7 Å². The molecule has 3 nitrogen and oxygen atoms in total. The lowest BCUT2D eigenvalue weighted by Gasteiger charge is -2.33. The lowest BCUT2D eigenvalue weighted by Crippen LogP contribution is -2.54. The Bertz CT molecular complexity index is 148. The molecule has 0 aromatic carbocycles. The highest BCUT2D eigenvalue weighted by Crippen LogP contribution is 2.14. The predicted octanol–water partition coefficient (Wildman–Crippen LogP) is 0.0469. The Hall–Kier alpha value is -0.120. The van der Waals surface area contributed by atoms with E-state index in [0.717, 1.165) is 19.6 Å². The minimum absolute atomic E-state index is 0.534. The first-order chi connectivity index (χ1) is 6.38. The van der Waals surface area contributed by atoms with Crippen molar-refractivity contribution in [1.29, 1.82) is 0 Å². The molecule has 0 saturated carbocycles. The fraction of sp³-hybridized carbons (Fsp3) is 1.00. The Labute approximate surface area is 80.9 Å². The summed E-state index contributed by atoms with van der Waals surface area (Å²) in [6.07, 6.45) is 2.76. The highest BCUT2D eigenvalue weighted by Gasteiger charge is 2.27. The van der Waals surface area contributed by atoms with E-state index in [1.165, 1.54) is 25.9 Å². The first-order valence-corrected chi connectivity index (χ1v) is 5.49. The minimum atomic E-state index is 0.534. The van der Waals surface area contributed by atoms with Gasteiger partial charge in [-0.3, -0.25) is 4.90 Å². The first-order valence-electron chi connectivity index (χ1n) is 5.49. The Balaban J connectivity index is 1.83. The van der Waals surface area contributed by atoms with E-state index in [1.807, 2.05) is 0 Å². The number of likely N-dealkylation sites (tertiary alicyclic amines) is 1. The molecule has 0 amide bonds. The molecular formula is C10H20N3. The smallest absolute Gasteiger partial charge is 0.0524 e. The Kier molecular flexibility index (Phi) is 3.19. The summed E-state index contributed by atoms with van der Waals surface area (Å²) in [5.41, 5.74) is 0. The molecule has 0 spiro atoms. The molecule has 2 fully saturated rings. The average molecular weight is 182 g/mol. The molecule has 0 bridgehead atoms. The van der Waals surface area contributed by atoms with Gasteiger partial charge in [0.25, 0.3) is 0 Å². The third-order valence-corrected chi connectivity index (χ3v) is 3.28. The molecule has 2 aliphatic heterocycles. The molecule has 2 aliphatic rings. The third kappa shape index (κ3) is 2.22. The van der Waals surface area contributed by atoms with Crippen molar-refractivity contribution >= 4 is 0 Å². The van der Waals surface area contributed by atoms with E-state index >= 15 is 0 Å². The molecule has 2 atom stereocenters. The molecule has 2 heterocycles. The van der Waals surface area contributed by atoms with E-state index < -0.39 is 0 Å². The maximum Gasteiger partial charge on any atom is 0.0524 e. The van der Waals surface area contributed by atoms with E-state index in [4.69, 9.17) is 0 Å². The van der Waals surface area contributed by atoms with Gasteiger partial charge in [-0.25, -0.2) is 5.32 Å². The molecular weight excluding hydrogens is 162 g/mol. The molecule has 0 aromatic heterocycles. The van der Waals surface area contributed by atoms with Crippen LogP contribution in [0.5, 0.6) is 0 Å². The van der Waals surface area contributed by atoms with Crippen molar-refractivity contribution in [2.75, 3.05) is 32.7 Å². The molecule has 0 aliphatic carbocycles. The summed E-state index contributed by atoms with van der Waals surface area (Å²) in [5, 5.41) is 8.09. The van der Waals surface area contributed by atoms with Gasteiger partial charge >= 0.3 is 0 Å². The quantitative estimate of drug-likeness (QED) is 0.654. The van der Waals surface area contributed by atoms with Gasteiger partial charge in [-0.2, -0.15) is 0 Å². The Morgan fingerprint density at radius 2 is 2.15 bits per heavy atom. The predicted molar refractivity (Wildman–Crippen MR) is 53.9 cm³/mol. The van der Waals surface area contributed by atoms with Gasteiger partial charge in [0.15, 0.2) is 0 Å². The van der Waals surface area contributed by atoms with Gasteiger partial charge in [0.1, 0.15) is 0 Å². The maximum absolute atomic E-state index is 4.67. The topological polar surface area (TPSA) is 29.4 Å². The van der Waals surface area contributed by atoms with Crippen molar-refractivity contribution in [3.63, 3.8) is 0 Å². The molecule has 3 heteroatoms. The van der Waals surface area contributed by atoms with Crippen LogP contribution in [-0.2, 0) is 0 Å². The summed E-state index contributed by atoms with van der Waals surface area (Å²) in [5.74, 6) is 0. The second-order valence-electron chi connectivity index (χ2n) is 4.16. The maximum atomic E-state index is 4.67. The number of piperazine rings is 1. The van der Waals surface area contributed by atoms with Gasteiger partial charge in [0, 0.05) is 25.7 Å². The van der Waals surface area contributed by atoms with Crippen LogP contribution in [0.1, 0.15) is 19.8 Å². The lowest BCUT2D eigenvalue weighted by atomic mass is 10.1. The van der Waals surface area contributed by atoms with Crippen molar-refractivity contribution in [2.24, 2.45) is 0 Å². The molecule has 2 rings (SSSR count). The zero-order chi connectivity index (χ0) is 9.10. The molecule has 13 heavy (non-hydrogen) atoms. The number of hydrogen-bond donors (Lipinski definition) is 1. The van der Waals surface area contributed by atoms with Gasteiger partial charge in [0.05, 0.1) is 6.04 Å². The van der Waals surface area contributed by atoms with Crippen LogP contribution in [0.4, 0.5) is 0 Å². The summed E-state index contributed by atoms with van der Waals surface area (Å²) in [6, 6.07) is 1.18. The van der Waals surface area contributed by atoms with Crippen LogP contribution in [0.15, 0.2) is 0 Å². The van der Waals surface area contributed by atoms with Crippen molar-refractivity contribution in [3.05, 3.63) is 0 Å². The first kappa shape index (κ1) is 9.44. The van der Waals surface area contributed by atoms with Gasteiger partial charge in [0.2, 0.25) is 0 Å². The normalized spacial score (nSPS) is 33.5. The van der Waals surface area contributed by atoms with Crippen molar-refractivity contribution in [2.45, 2.75) is 31.8 Å². The second kappa shape index (κ2) is 4.40. The van der Waals surface area contributed by atoms with E-state index in [1.54, 1.807) is 0 Å². The van der Waals surface area contributed by atoms with Gasteiger partial charge < -0.3 is 5.32 Å². The fourth-order valence-corrected chi connectivity index (χ4v) is 2.34. The van der Waals surface area contributed by atoms with Crippen molar-refractivity contribution in [3.8, 4) is 0 Å². The molecule has 0 aromatic rings. The van der Waals surface area contributed by atoms with E-state index in [0.29, 0.717) is 12.1 Å². The SMILES string of the molecule is CC(C1CNCC[N]1)N1CCCC1. The van der Waals surface area contributed by atoms with Gasteiger partial charge in [-0.05, 0) is 32.9 Å². The number of hydrogen-bond acceptors (Lipinski definition) is 2. The van der Waals surface area contributed by atoms with Crippen LogP contribution >= 0.6 is 0 Å². The largest absolute Gasteiger partial charge is 0.314 e. The van der Waals surface area contributed by atoms with Crippen LogP contribution in [0, 0.1) is 0 Å². The lowest BCUT2D eigenvalue weighted by molar-refractivity contribution is 0.190. The number of nitrogens with zero attached hydrogens (tertiary/aromatic N) is 2. The van der Waals surface area contributed by atoms with Gasteiger partial charge in [-0.15, -0.1) is 0 Å². The highest BCUT2D eigenvalue weighted by atomic mass is 15.2. The van der Waals surface area contributed by atoms with Crippen molar-refractivity contribution < 1.29 is 0 Å². The third-order valence-electron chi connectivity index (χ3n) is 3.28. The van der Waals surface area contributed by atoms with E-state index in [2.05, 4.69) is 22.5 Å². The second-order valence-corrected chi connectivity index (χ2v) is 4.16. The molecule has 75 valence electrons. The van der Waals surface area contributed by atoms with Gasteiger partial charge in [-0.1, -0.05) is 0 Å². The Morgan fingerprint density at radius 3 is 2.77 bits per heavy atom. The van der Waals surface area contributed by atoms with Crippen molar-refractivity contribution in [1.82, 2.24) is 15.5 Å². The standard InChI is InChI=1S/C10H20N3/c1-9(13-6-2-3-7-13)10-8-11-4-5-12-10/h9-11H,2-8H2,1H3. The van der Waals surface area contributed by atoms with Crippen LogP contribution in [0.25, 0.3) is 0 Å². The van der Waals surface area contributed by atoms with Crippen LogP contribution < -0.4 is 10.6 Å². The summed E-state index contributed by atoms with van der Waals surface area (Å²) in [7, 11) is 0. The molecule has 2 saturated heterocycles. The summed E-state index contributed by atoms with van der Waals surface area (Å²) < 4.78 is 0. The van der Waals surface area contributed by atoms with Crippen LogP contribution in [0.2, 0.25) is 0 Å². The monoisotopic (exact) mass is 182 g/mol. The summed E-state index contributed by atoms with van der Waals surface area (Å²) in [6.45, 7) is 8.05. The van der Waals surface area contributed by atoms with E-state index in [9.17, 15) is 0 Å². The average Bonchev–Trinajstić information content (AvgIpc) is 2.71. The highest BCUT2D eigenvalue weighted by molar-refractivity contribution is 4.87. The number of rotatable bonds is 2. The zero-order valence-corrected chi connectivity index (χ0v) is 8.50. The molecule has 2 unspecified atom stereocenters. The van der Waals surface area contributed by atoms with E-state index in [-0.39, 0.29) is 0 Å². The molecule has 1 radical (unpaired) electrons. The minimum Gasteiger partial charge on any atom is -0.314 e. The fourth-order valence-electron chi connectivity index (χ4n) is 2.34. The molecule has 1 N–H and O–H groups in total. The summed E-state index contributed by atoms with van der Waals surface area (Å²) in [4.78, 5) is 2.58. The van der Waals surface area contributed by atoms with Crippen LogP contribution in [0.3, 0.4) is 0 Å². The zero-order valence-electron chi connectivity index (χ0n) is 8.50. The number of nitrogens with one attached hydrogen (secondary N) is 1. The Morgan fingerprint density at radius 1 is 1.38 bits per heavy atom.